The van der Waals surface area contributed by atoms with Crippen molar-refractivity contribution in [3.8, 4) is 0 Å². The molecule has 1 N–H and O–H groups in total. The zero-order chi connectivity index (χ0) is 13.5. The first-order valence-corrected chi connectivity index (χ1v) is 5.39. The third kappa shape index (κ3) is 2.26. The standard InChI is InChI=1S/C12H8ClF2NO2/c1-12(14,15)10-5-8(13)7-4-6(11(17)18)2-3-9(7)16-10/h2-5H,1H3,(H,17,18). The molecular weight excluding hydrogens is 264 g/mol. The smallest absolute Gasteiger partial charge is 0.335 e. The molecule has 0 atom stereocenters. The first-order valence-electron chi connectivity index (χ1n) is 5.01. The fourth-order valence-corrected chi connectivity index (χ4v) is 1.80. The van der Waals surface area contributed by atoms with Crippen LogP contribution >= 0.6 is 11.6 Å². The lowest BCUT2D eigenvalue weighted by Gasteiger charge is -2.11. The van der Waals surface area contributed by atoms with E-state index in [1.165, 1.54) is 18.2 Å². The van der Waals surface area contributed by atoms with Crippen molar-refractivity contribution in [2.24, 2.45) is 0 Å². The maximum Gasteiger partial charge on any atom is 0.335 e. The molecule has 2 rings (SSSR count). The van der Waals surface area contributed by atoms with Crippen LogP contribution in [0.15, 0.2) is 24.3 Å². The number of halogens is 3. The van der Waals surface area contributed by atoms with Crippen molar-refractivity contribution in [2.45, 2.75) is 12.8 Å². The van der Waals surface area contributed by atoms with Crippen LogP contribution in [0.1, 0.15) is 23.0 Å². The fraction of sp³-hybridized carbons (Fsp3) is 0.167. The summed E-state index contributed by atoms with van der Waals surface area (Å²) in [6.45, 7) is 0.725. The van der Waals surface area contributed by atoms with E-state index in [9.17, 15) is 13.6 Å². The minimum atomic E-state index is -3.09. The number of fused-ring (bicyclic) bond motifs is 1. The summed E-state index contributed by atoms with van der Waals surface area (Å²) in [4.78, 5) is 14.6. The van der Waals surface area contributed by atoms with Crippen molar-refractivity contribution in [3.63, 3.8) is 0 Å². The molecule has 0 unspecified atom stereocenters. The van der Waals surface area contributed by atoms with Gasteiger partial charge >= 0.3 is 5.97 Å². The molecule has 0 saturated heterocycles. The highest BCUT2D eigenvalue weighted by atomic mass is 35.5. The van der Waals surface area contributed by atoms with E-state index in [-0.39, 0.29) is 16.1 Å². The van der Waals surface area contributed by atoms with E-state index in [0.717, 1.165) is 13.0 Å². The van der Waals surface area contributed by atoms with Gasteiger partial charge in [-0.2, -0.15) is 8.78 Å². The summed E-state index contributed by atoms with van der Waals surface area (Å²) in [6, 6.07) is 5.02. The number of pyridine rings is 1. The molecule has 0 radical (unpaired) electrons. The second kappa shape index (κ2) is 4.17. The van der Waals surface area contributed by atoms with Crippen LogP contribution in [0.25, 0.3) is 10.9 Å². The molecule has 0 aliphatic heterocycles. The lowest BCUT2D eigenvalue weighted by molar-refractivity contribution is 0.0131. The predicted molar refractivity (Wildman–Crippen MR) is 63.3 cm³/mol. The fourth-order valence-electron chi connectivity index (χ4n) is 1.54. The second-order valence-corrected chi connectivity index (χ2v) is 4.32. The summed E-state index contributed by atoms with van der Waals surface area (Å²) < 4.78 is 26.3. The number of nitrogens with zero attached hydrogens (tertiary/aromatic N) is 1. The van der Waals surface area contributed by atoms with Crippen LogP contribution in [0.2, 0.25) is 5.02 Å². The molecule has 0 saturated carbocycles. The normalized spacial score (nSPS) is 11.8. The largest absolute Gasteiger partial charge is 0.478 e. The van der Waals surface area contributed by atoms with Crippen LogP contribution < -0.4 is 0 Å². The molecule has 3 nitrogen and oxygen atoms in total. The zero-order valence-corrected chi connectivity index (χ0v) is 10.0. The van der Waals surface area contributed by atoms with E-state index in [2.05, 4.69) is 4.98 Å². The number of carboxylic acids is 1. The molecule has 0 spiro atoms. The predicted octanol–water partition coefficient (Wildman–Crippen LogP) is 3.70. The summed E-state index contributed by atoms with van der Waals surface area (Å²) >= 11 is 5.88. The molecule has 2 aromatic rings. The van der Waals surface area contributed by atoms with Crippen molar-refractivity contribution in [1.29, 1.82) is 0 Å². The van der Waals surface area contributed by atoms with Gasteiger partial charge in [0.05, 0.1) is 16.1 Å². The zero-order valence-electron chi connectivity index (χ0n) is 9.25. The minimum absolute atomic E-state index is 0.0298. The molecular formula is C12H8ClF2NO2. The average Bonchev–Trinajstić information content (AvgIpc) is 2.27. The Bertz CT molecular complexity index is 638. The number of carbonyl (C=O) groups is 1. The lowest BCUT2D eigenvalue weighted by Crippen LogP contribution is -2.10. The topological polar surface area (TPSA) is 50.2 Å². The number of aromatic nitrogens is 1. The maximum atomic E-state index is 13.2. The molecule has 0 amide bonds. The van der Waals surface area contributed by atoms with Crippen LogP contribution in [0.3, 0.4) is 0 Å². The van der Waals surface area contributed by atoms with Crippen molar-refractivity contribution < 1.29 is 18.7 Å². The van der Waals surface area contributed by atoms with Gasteiger partial charge in [-0.3, -0.25) is 0 Å². The SMILES string of the molecule is CC(F)(F)c1cc(Cl)c2cc(C(=O)O)ccc2n1. The Morgan fingerprint density at radius 3 is 2.61 bits per heavy atom. The van der Waals surface area contributed by atoms with Crippen molar-refractivity contribution in [3.05, 3.63) is 40.5 Å². The molecule has 1 aromatic heterocycles. The van der Waals surface area contributed by atoms with Gasteiger partial charge in [-0.15, -0.1) is 0 Å². The number of rotatable bonds is 2. The Labute approximate surface area is 106 Å². The van der Waals surface area contributed by atoms with E-state index in [1.54, 1.807) is 0 Å². The Hall–Kier alpha value is -1.75. The van der Waals surface area contributed by atoms with Gasteiger partial charge in [0.15, 0.2) is 0 Å². The van der Waals surface area contributed by atoms with Gasteiger partial charge in [-0.1, -0.05) is 11.6 Å². The summed E-state index contributed by atoms with van der Waals surface area (Å²) in [5.74, 6) is -4.21. The summed E-state index contributed by atoms with van der Waals surface area (Å²) in [6.07, 6.45) is 0. The Morgan fingerprint density at radius 1 is 1.39 bits per heavy atom. The molecule has 0 fully saturated rings. The summed E-state index contributed by atoms with van der Waals surface area (Å²) in [5, 5.41) is 9.23. The van der Waals surface area contributed by atoms with Crippen LogP contribution in [0, 0.1) is 0 Å². The van der Waals surface area contributed by atoms with Crippen LogP contribution in [-0.2, 0) is 5.92 Å². The molecule has 0 aliphatic rings. The quantitative estimate of drug-likeness (QED) is 0.906. The molecule has 0 aliphatic carbocycles. The molecule has 6 heteroatoms. The second-order valence-electron chi connectivity index (χ2n) is 3.91. The van der Waals surface area contributed by atoms with Crippen LogP contribution in [0.4, 0.5) is 8.78 Å². The van der Waals surface area contributed by atoms with E-state index in [0.29, 0.717) is 5.39 Å². The van der Waals surface area contributed by atoms with Crippen LogP contribution in [-0.4, -0.2) is 16.1 Å². The number of benzene rings is 1. The molecule has 1 aromatic carbocycles. The Kier molecular flexibility index (Phi) is 2.94. The number of hydrogen-bond donors (Lipinski definition) is 1. The molecule has 1 heterocycles. The van der Waals surface area contributed by atoms with E-state index < -0.39 is 17.6 Å². The monoisotopic (exact) mass is 271 g/mol. The van der Waals surface area contributed by atoms with Gasteiger partial charge in [0.2, 0.25) is 0 Å². The van der Waals surface area contributed by atoms with Gasteiger partial charge in [0.1, 0.15) is 5.69 Å². The number of carboxylic acid groups (broad SMARTS) is 1. The number of alkyl halides is 2. The van der Waals surface area contributed by atoms with Gasteiger partial charge in [-0.25, -0.2) is 9.78 Å². The Morgan fingerprint density at radius 2 is 2.06 bits per heavy atom. The average molecular weight is 272 g/mol. The van der Waals surface area contributed by atoms with Gasteiger partial charge in [0.25, 0.3) is 5.92 Å². The Balaban J connectivity index is 2.70. The highest BCUT2D eigenvalue weighted by Gasteiger charge is 2.27. The van der Waals surface area contributed by atoms with Gasteiger partial charge in [-0.05, 0) is 24.3 Å². The first kappa shape index (κ1) is 12.7. The van der Waals surface area contributed by atoms with Gasteiger partial charge in [0, 0.05) is 12.3 Å². The van der Waals surface area contributed by atoms with Crippen molar-refractivity contribution in [1.82, 2.24) is 4.98 Å². The van der Waals surface area contributed by atoms with E-state index in [1.807, 2.05) is 0 Å². The third-order valence-electron chi connectivity index (χ3n) is 2.45. The molecule has 0 bridgehead atoms. The van der Waals surface area contributed by atoms with Crippen molar-refractivity contribution >= 4 is 28.5 Å². The highest BCUT2D eigenvalue weighted by Crippen LogP contribution is 2.31. The van der Waals surface area contributed by atoms with E-state index in [4.69, 9.17) is 16.7 Å². The summed E-state index contributed by atoms with van der Waals surface area (Å²) in [7, 11) is 0. The highest BCUT2D eigenvalue weighted by molar-refractivity contribution is 6.35. The molecule has 18 heavy (non-hydrogen) atoms. The van der Waals surface area contributed by atoms with E-state index >= 15 is 0 Å². The molecule has 94 valence electrons. The third-order valence-corrected chi connectivity index (χ3v) is 2.77. The number of hydrogen-bond acceptors (Lipinski definition) is 2. The van der Waals surface area contributed by atoms with Crippen LogP contribution in [0.5, 0.6) is 0 Å². The van der Waals surface area contributed by atoms with Gasteiger partial charge < -0.3 is 5.11 Å². The lowest BCUT2D eigenvalue weighted by atomic mass is 10.1. The summed E-state index contributed by atoms with van der Waals surface area (Å²) in [5.41, 5.74) is -0.172. The van der Waals surface area contributed by atoms with Crippen molar-refractivity contribution in [2.75, 3.05) is 0 Å². The minimum Gasteiger partial charge on any atom is -0.478 e. The maximum absolute atomic E-state index is 13.2. The number of aromatic carboxylic acids is 1. The first-order chi connectivity index (χ1) is 8.29.